The SMILES string of the molecule is O=c1cc2c(nn1Cc1ccccn1)CCC2. The molecule has 0 aliphatic heterocycles. The van der Waals surface area contributed by atoms with E-state index in [4.69, 9.17) is 0 Å². The molecule has 1 aliphatic carbocycles. The van der Waals surface area contributed by atoms with Crippen molar-refractivity contribution < 1.29 is 0 Å². The molecule has 2 aromatic rings. The number of aromatic nitrogens is 3. The van der Waals surface area contributed by atoms with Crippen LogP contribution in [-0.2, 0) is 19.4 Å². The largest absolute Gasteiger partial charge is 0.268 e. The predicted octanol–water partition coefficient (Wildman–Crippen LogP) is 1.18. The topological polar surface area (TPSA) is 47.8 Å². The van der Waals surface area contributed by atoms with E-state index in [1.54, 1.807) is 12.3 Å². The summed E-state index contributed by atoms with van der Waals surface area (Å²) in [6.07, 6.45) is 4.81. The normalized spacial score (nSPS) is 13.6. The smallest absolute Gasteiger partial charge is 0.267 e. The first-order valence-corrected chi connectivity index (χ1v) is 5.83. The minimum absolute atomic E-state index is 0.0312. The van der Waals surface area contributed by atoms with Crippen LogP contribution in [0.25, 0.3) is 0 Å². The average molecular weight is 227 g/mol. The minimum atomic E-state index is -0.0312. The molecule has 0 saturated heterocycles. The Bertz CT molecular complexity index is 589. The Balaban J connectivity index is 1.96. The number of fused-ring (bicyclic) bond motifs is 1. The Labute approximate surface area is 98.9 Å². The first kappa shape index (κ1) is 10.2. The summed E-state index contributed by atoms with van der Waals surface area (Å²) in [7, 11) is 0. The first-order valence-electron chi connectivity index (χ1n) is 5.83. The van der Waals surface area contributed by atoms with E-state index in [2.05, 4.69) is 10.1 Å². The van der Waals surface area contributed by atoms with Gasteiger partial charge in [0.05, 0.1) is 17.9 Å². The van der Waals surface area contributed by atoms with Gasteiger partial charge in [0.25, 0.3) is 5.56 Å². The Kier molecular flexibility index (Phi) is 2.48. The van der Waals surface area contributed by atoms with Crippen molar-refractivity contribution in [2.75, 3.05) is 0 Å². The third-order valence-corrected chi connectivity index (χ3v) is 3.06. The van der Waals surface area contributed by atoms with Gasteiger partial charge in [-0.2, -0.15) is 5.10 Å². The van der Waals surface area contributed by atoms with Gasteiger partial charge in [0, 0.05) is 12.3 Å². The molecule has 3 rings (SSSR count). The van der Waals surface area contributed by atoms with Crippen molar-refractivity contribution in [2.45, 2.75) is 25.8 Å². The minimum Gasteiger partial charge on any atom is -0.268 e. The van der Waals surface area contributed by atoms with Gasteiger partial charge < -0.3 is 0 Å². The standard InChI is InChI=1S/C13H13N3O/c17-13-8-10-4-3-6-12(10)15-16(13)9-11-5-1-2-7-14-11/h1-2,5,7-8H,3-4,6,9H2. The number of pyridine rings is 1. The lowest BCUT2D eigenvalue weighted by Gasteiger charge is -2.06. The van der Waals surface area contributed by atoms with Gasteiger partial charge in [-0.3, -0.25) is 9.78 Å². The van der Waals surface area contributed by atoms with Gasteiger partial charge in [0.1, 0.15) is 0 Å². The second-order valence-corrected chi connectivity index (χ2v) is 4.29. The van der Waals surface area contributed by atoms with Crippen molar-refractivity contribution in [3.05, 3.63) is 57.8 Å². The number of aryl methyl sites for hydroxylation is 2. The molecular weight excluding hydrogens is 214 g/mol. The van der Waals surface area contributed by atoms with Crippen LogP contribution in [0.1, 0.15) is 23.4 Å². The van der Waals surface area contributed by atoms with Crippen LogP contribution in [0.4, 0.5) is 0 Å². The van der Waals surface area contributed by atoms with Crippen molar-refractivity contribution in [3.63, 3.8) is 0 Å². The Morgan fingerprint density at radius 2 is 2.24 bits per heavy atom. The molecule has 0 bridgehead atoms. The summed E-state index contributed by atoms with van der Waals surface area (Å²) in [6, 6.07) is 7.41. The van der Waals surface area contributed by atoms with Crippen LogP contribution in [0.2, 0.25) is 0 Å². The molecule has 1 aliphatic rings. The van der Waals surface area contributed by atoms with Crippen LogP contribution in [-0.4, -0.2) is 14.8 Å². The van der Waals surface area contributed by atoms with Gasteiger partial charge in [-0.1, -0.05) is 6.07 Å². The van der Waals surface area contributed by atoms with E-state index in [1.165, 1.54) is 4.68 Å². The van der Waals surface area contributed by atoms with Crippen molar-refractivity contribution in [3.8, 4) is 0 Å². The van der Waals surface area contributed by atoms with E-state index in [1.807, 2.05) is 18.2 Å². The number of hydrogen-bond donors (Lipinski definition) is 0. The maximum absolute atomic E-state index is 11.9. The zero-order valence-electron chi connectivity index (χ0n) is 9.47. The summed E-state index contributed by atoms with van der Waals surface area (Å²) in [6.45, 7) is 0.451. The highest BCUT2D eigenvalue weighted by atomic mass is 16.1. The fraction of sp³-hybridized carbons (Fsp3) is 0.308. The Hall–Kier alpha value is -1.97. The third kappa shape index (κ3) is 1.98. The molecule has 0 atom stereocenters. The molecule has 0 fully saturated rings. The lowest BCUT2D eigenvalue weighted by Crippen LogP contribution is -2.24. The van der Waals surface area contributed by atoms with Gasteiger partial charge >= 0.3 is 0 Å². The van der Waals surface area contributed by atoms with Crippen LogP contribution in [0.15, 0.2) is 35.3 Å². The van der Waals surface area contributed by atoms with Crippen LogP contribution in [0.5, 0.6) is 0 Å². The van der Waals surface area contributed by atoms with Gasteiger partial charge in [0.15, 0.2) is 0 Å². The maximum Gasteiger partial charge on any atom is 0.267 e. The second-order valence-electron chi connectivity index (χ2n) is 4.29. The molecule has 4 nitrogen and oxygen atoms in total. The fourth-order valence-corrected chi connectivity index (χ4v) is 2.20. The van der Waals surface area contributed by atoms with Gasteiger partial charge in [-0.15, -0.1) is 0 Å². The summed E-state index contributed by atoms with van der Waals surface area (Å²) < 4.78 is 1.51. The summed E-state index contributed by atoms with van der Waals surface area (Å²) >= 11 is 0. The van der Waals surface area contributed by atoms with E-state index >= 15 is 0 Å². The van der Waals surface area contributed by atoms with E-state index < -0.39 is 0 Å². The zero-order chi connectivity index (χ0) is 11.7. The summed E-state index contributed by atoms with van der Waals surface area (Å²) in [5, 5.41) is 4.41. The fourth-order valence-electron chi connectivity index (χ4n) is 2.20. The molecule has 86 valence electrons. The van der Waals surface area contributed by atoms with E-state index in [0.29, 0.717) is 6.54 Å². The number of nitrogens with zero attached hydrogens (tertiary/aromatic N) is 3. The van der Waals surface area contributed by atoms with Crippen molar-refractivity contribution in [1.82, 2.24) is 14.8 Å². The maximum atomic E-state index is 11.9. The van der Waals surface area contributed by atoms with Gasteiger partial charge in [0.2, 0.25) is 0 Å². The van der Waals surface area contributed by atoms with E-state index in [0.717, 1.165) is 36.2 Å². The zero-order valence-corrected chi connectivity index (χ0v) is 9.47. The average Bonchev–Trinajstić information content (AvgIpc) is 2.78. The first-order chi connectivity index (χ1) is 8.33. The van der Waals surface area contributed by atoms with Crippen molar-refractivity contribution in [2.24, 2.45) is 0 Å². The monoisotopic (exact) mass is 227 g/mol. The third-order valence-electron chi connectivity index (χ3n) is 3.06. The summed E-state index contributed by atoms with van der Waals surface area (Å²) in [4.78, 5) is 16.1. The molecular formula is C13H13N3O. The van der Waals surface area contributed by atoms with Crippen molar-refractivity contribution in [1.29, 1.82) is 0 Å². The highest BCUT2D eigenvalue weighted by Crippen LogP contribution is 2.17. The Morgan fingerprint density at radius 1 is 1.29 bits per heavy atom. The molecule has 4 heteroatoms. The highest BCUT2D eigenvalue weighted by molar-refractivity contribution is 5.22. The number of hydrogen-bond acceptors (Lipinski definition) is 3. The molecule has 2 heterocycles. The lowest BCUT2D eigenvalue weighted by atomic mass is 10.2. The molecule has 0 spiro atoms. The summed E-state index contributed by atoms with van der Waals surface area (Å²) in [5.74, 6) is 0. The van der Waals surface area contributed by atoms with Gasteiger partial charge in [-0.05, 0) is 37.0 Å². The molecule has 0 unspecified atom stereocenters. The quantitative estimate of drug-likeness (QED) is 0.774. The van der Waals surface area contributed by atoms with E-state index in [-0.39, 0.29) is 5.56 Å². The molecule has 0 radical (unpaired) electrons. The molecule has 17 heavy (non-hydrogen) atoms. The van der Waals surface area contributed by atoms with Crippen LogP contribution in [0, 0.1) is 0 Å². The predicted molar refractivity (Wildman–Crippen MR) is 63.9 cm³/mol. The molecule has 0 saturated carbocycles. The molecule has 0 aromatic carbocycles. The molecule has 2 aromatic heterocycles. The van der Waals surface area contributed by atoms with Crippen LogP contribution >= 0.6 is 0 Å². The number of rotatable bonds is 2. The lowest BCUT2D eigenvalue weighted by molar-refractivity contribution is 0.612. The van der Waals surface area contributed by atoms with Crippen LogP contribution < -0.4 is 5.56 Å². The Morgan fingerprint density at radius 3 is 3.06 bits per heavy atom. The highest BCUT2D eigenvalue weighted by Gasteiger charge is 2.14. The summed E-state index contributed by atoms with van der Waals surface area (Å²) in [5.41, 5.74) is 3.02. The second kappa shape index (κ2) is 4.13. The molecule has 0 N–H and O–H groups in total. The molecule has 0 amide bonds. The van der Waals surface area contributed by atoms with Crippen LogP contribution in [0.3, 0.4) is 0 Å². The van der Waals surface area contributed by atoms with E-state index in [9.17, 15) is 4.79 Å². The van der Waals surface area contributed by atoms with Gasteiger partial charge in [-0.25, -0.2) is 4.68 Å². The van der Waals surface area contributed by atoms with Crippen molar-refractivity contribution >= 4 is 0 Å².